The monoisotopic (exact) mass is 511 g/mol. The Kier molecular flexibility index (Phi) is 7.07. The second-order valence-corrected chi connectivity index (χ2v) is 8.88. The van der Waals surface area contributed by atoms with E-state index in [1.807, 2.05) is 0 Å². The van der Waals surface area contributed by atoms with Crippen LogP contribution in [0, 0.1) is 0 Å². The number of aromatic hydroxyl groups is 4. The summed E-state index contributed by atoms with van der Waals surface area (Å²) in [6.07, 6.45) is 4.20. The molecule has 4 unspecified atom stereocenters. The Balaban J connectivity index is 1.50. The fourth-order valence-corrected chi connectivity index (χ4v) is 4.51. The lowest BCUT2D eigenvalue weighted by molar-refractivity contribution is -0.218. The number of phenols is 4. The van der Waals surface area contributed by atoms with Gasteiger partial charge in [-0.05, 0) is 47.5 Å². The Morgan fingerprint density at radius 1 is 0.865 bits per heavy atom. The van der Waals surface area contributed by atoms with Gasteiger partial charge in [0.05, 0.1) is 0 Å². The molecule has 3 heterocycles. The van der Waals surface area contributed by atoms with Gasteiger partial charge in [-0.2, -0.15) is 0 Å². The molecule has 0 aromatic heterocycles. The van der Waals surface area contributed by atoms with Crippen LogP contribution in [0.3, 0.4) is 0 Å². The molecule has 2 aromatic carbocycles. The molecule has 11 heteroatoms. The van der Waals surface area contributed by atoms with Gasteiger partial charge in [-0.3, -0.25) is 9.69 Å². The maximum absolute atomic E-state index is 12.7. The molecule has 3 aliphatic rings. The van der Waals surface area contributed by atoms with E-state index in [0.29, 0.717) is 17.7 Å². The highest BCUT2D eigenvalue weighted by Crippen LogP contribution is 2.41. The molecule has 3 fully saturated rings. The molecular weight excluding hydrogens is 486 g/mol. The molecule has 0 saturated carbocycles. The third-order valence-corrected chi connectivity index (χ3v) is 6.46. The molecule has 5 rings (SSSR count). The van der Waals surface area contributed by atoms with Crippen molar-refractivity contribution in [1.29, 1.82) is 0 Å². The highest BCUT2D eigenvalue weighted by atomic mass is 16.6. The molecule has 194 valence electrons. The molecule has 2 aromatic rings. The van der Waals surface area contributed by atoms with E-state index in [1.54, 1.807) is 4.90 Å². The van der Waals surface area contributed by atoms with E-state index in [2.05, 4.69) is 0 Å². The summed E-state index contributed by atoms with van der Waals surface area (Å²) in [5.41, 5.74) is -0.518. The number of aliphatic carboxylic acids is 1. The van der Waals surface area contributed by atoms with E-state index in [0.717, 1.165) is 12.2 Å². The van der Waals surface area contributed by atoms with Crippen molar-refractivity contribution < 1.29 is 49.4 Å². The Morgan fingerprint density at radius 3 is 1.97 bits per heavy atom. The average molecular weight is 511 g/mol. The van der Waals surface area contributed by atoms with Crippen LogP contribution in [0.25, 0.3) is 12.2 Å². The third kappa shape index (κ3) is 5.67. The standard InChI is InChI=1S/C26H25NO10/c28-18-5-1-15(11-20(18)30)3-7-23(32)36-22-14-27-10-9-26(22,13-17(27)25(34)35)37-24(33)8-4-16-2-6-19(29)21(31)12-16/h1-8,11-12,17,22,28-31H,9-10,13-14H2,(H,34,35)/b7-3+,8-4+. The molecule has 0 amide bonds. The lowest BCUT2D eigenvalue weighted by Gasteiger charge is -2.53. The number of nitrogens with zero attached hydrogens (tertiary/aromatic N) is 1. The van der Waals surface area contributed by atoms with Gasteiger partial charge in [0.15, 0.2) is 34.7 Å². The number of hydrogen-bond donors (Lipinski definition) is 5. The van der Waals surface area contributed by atoms with Crippen molar-refractivity contribution in [3.63, 3.8) is 0 Å². The normalized spacial score (nSPS) is 24.8. The van der Waals surface area contributed by atoms with Crippen molar-refractivity contribution in [3.05, 3.63) is 59.7 Å². The average Bonchev–Trinajstić information content (AvgIpc) is 2.86. The summed E-state index contributed by atoms with van der Waals surface area (Å²) in [6, 6.07) is 7.08. The number of ether oxygens (including phenoxy) is 2. The van der Waals surface area contributed by atoms with Crippen molar-refractivity contribution >= 4 is 30.1 Å². The van der Waals surface area contributed by atoms with Crippen molar-refractivity contribution in [2.75, 3.05) is 13.1 Å². The molecule has 5 N–H and O–H groups in total. The summed E-state index contributed by atoms with van der Waals surface area (Å²) in [6.45, 7) is 0.385. The van der Waals surface area contributed by atoms with Crippen molar-refractivity contribution in [1.82, 2.24) is 4.90 Å². The highest BCUT2D eigenvalue weighted by Gasteiger charge is 2.57. The van der Waals surface area contributed by atoms with Gasteiger partial charge in [-0.25, -0.2) is 9.59 Å². The van der Waals surface area contributed by atoms with E-state index >= 15 is 0 Å². The number of carbonyl (C=O) groups is 3. The van der Waals surface area contributed by atoms with Crippen LogP contribution in [0.4, 0.5) is 0 Å². The Hall–Kier alpha value is -4.51. The molecule has 4 atom stereocenters. The van der Waals surface area contributed by atoms with Crippen LogP contribution in [0.5, 0.6) is 23.0 Å². The van der Waals surface area contributed by atoms with Crippen molar-refractivity contribution in [3.8, 4) is 23.0 Å². The van der Waals surface area contributed by atoms with E-state index in [-0.39, 0.29) is 42.4 Å². The minimum atomic E-state index is -1.36. The topological polar surface area (TPSA) is 174 Å². The number of benzene rings is 2. The second-order valence-electron chi connectivity index (χ2n) is 8.88. The predicted molar refractivity (Wildman–Crippen MR) is 129 cm³/mol. The van der Waals surface area contributed by atoms with Crippen LogP contribution < -0.4 is 0 Å². The smallest absolute Gasteiger partial charge is 0.331 e. The zero-order chi connectivity index (χ0) is 26.7. The third-order valence-electron chi connectivity index (χ3n) is 6.46. The van der Waals surface area contributed by atoms with E-state index in [4.69, 9.17) is 9.47 Å². The van der Waals surface area contributed by atoms with Gasteiger partial charge in [-0.15, -0.1) is 0 Å². The first-order valence-corrected chi connectivity index (χ1v) is 11.4. The highest BCUT2D eigenvalue weighted by molar-refractivity contribution is 5.89. The number of rotatable bonds is 7. The van der Waals surface area contributed by atoms with Gasteiger partial charge in [0, 0.05) is 38.1 Å². The lowest BCUT2D eigenvalue weighted by Crippen LogP contribution is -2.69. The Morgan fingerprint density at radius 2 is 1.43 bits per heavy atom. The number of fused-ring (bicyclic) bond motifs is 3. The van der Waals surface area contributed by atoms with Gasteiger partial charge in [-0.1, -0.05) is 12.1 Å². The molecule has 2 bridgehead atoms. The minimum Gasteiger partial charge on any atom is -0.504 e. The minimum absolute atomic E-state index is 0.0549. The van der Waals surface area contributed by atoms with Crippen molar-refractivity contribution in [2.45, 2.75) is 30.6 Å². The Labute approximate surface area is 211 Å². The Bertz CT molecular complexity index is 1290. The van der Waals surface area contributed by atoms with Crippen LogP contribution in [0.1, 0.15) is 24.0 Å². The number of carboxylic acids is 1. The van der Waals surface area contributed by atoms with Crippen LogP contribution in [0.15, 0.2) is 48.6 Å². The first-order valence-electron chi connectivity index (χ1n) is 11.4. The summed E-state index contributed by atoms with van der Waals surface area (Å²) in [5.74, 6) is -3.96. The first kappa shape index (κ1) is 25.6. The number of phenolic OH excluding ortho intramolecular Hbond substituents is 4. The maximum atomic E-state index is 12.7. The zero-order valence-electron chi connectivity index (χ0n) is 19.5. The van der Waals surface area contributed by atoms with E-state index < -0.39 is 35.7 Å². The molecule has 0 radical (unpaired) electrons. The number of piperidine rings is 3. The summed E-state index contributed by atoms with van der Waals surface area (Å²) < 4.78 is 11.3. The molecule has 3 saturated heterocycles. The summed E-state index contributed by atoms with van der Waals surface area (Å²) in [4.78, 5) is 38.7. The van der Waals surface area contributed by atoms with Crippen LogP contribution >= 0.6 is 0 Å². The predicted octanol–water partition coefficient (Wildman–Crippen LogP) is 1.99. The fourth-order valence-electron chi connectivity index (χ4n) is 4.51. The molecule has 11 nitrogen and oxygen atoms in total. The van der Waals surface area contributed by atoms with Crippen LogP contribution in [-0.4, -0.2) is 79.2 Å². The van der Waals surface area contributed by atoms with Gasteiger partial charge in [0.1, 0.15) is 6.04 Å². The van der Waals surface area contributed by atoms with Crippen molar-refractivity contribution in [2.24, 2.45) is 0 Å². The first-order chi connectivity index (χ1) is 17.6. The van der Waals surface area contributed by atoms with Crippen LogP contribution in [0.2, 0.25) is 0 Å². The quantitative estimate of drug-likeness (QED) is 0.209. The van der Waals surface area contributed by atoms with Gasteiger partial charge in [0.25, 0.3) is 0 Å². The summed E-state index contributed by atoms with van der Waals surface area (Å²) in [5, 5.41) is 47.7. The fraction of sp³-hybridized carbons (Fsp3) is 0.269. The second kappa shape index (κ2) is 10.2. The molecule has 3 aliphatic heterocycles. The number of carbonyl (C=O) groups excluding carboxylic acids is 2. The zero-order valence-corrected chi connectivity index (χ0v) is 19.5. The summed E-state index contributed by atoms with van der Waals surface area (Å²) >= 11 is 0. The number of hydrogen-bond acceptors (Lipinski definition) is 10. The molecule has 0 aliphatic carbocycles. The molecule has 37 heavy (non-hydrogen) atoms. The van der Waals surface area contributed by atoms with E-state index in [9.17, 15) is 39.9 Å². The van der Waals surface area contributed by atoms with Gasteiger partial charge in [0.2, 0.25) is 0 Å². The van der Waals surface area contributed by atoms with Gasteiger partial charge < -0.3 is 35.0 Å². The SMILES string of the molecule is O=C(/C=C/c1ccc(O)c(O)c1)OC1CN2CCC1(OC(=O)/C=C/c1ccc(O)c(O)c1)CC2C(=O)O. The number of carboxylic acid groups (broad SMARTS) is 1. The largest absolute Gasteiger partial charge is 0.504 e. The molecular formula is C26H25NO10. The molecule has 0 spiro atoms. The van der Waals surface area contributed by atoms with Gasteiger partial charge >= 0.3 is 17.9 Å². The number of esters is 2. The maximum Gasteiger partial charge on any atom is 0.331 e. The van der Waals surface area contributed by atoms with E-state index in [1.165, 1.54) is 48.6 Å². The lowest BCUT2D eigenvalue weighted by atomic mass is 9.76. The van der Waals surface area contributed by atoms with Crippen LogP contribution in [-0.2, 0) is 23.9 Å². The summed E-state index contributed by atoms with van der Waals surface area (Å²) in [7, 11) is 0.